The molecule has 1 aliphatic heterocycles. The molecule has 0 spiro atoms. The zero-order valence-corrected chi connectivity index (χ0v) is 15.6. The first-order valence-electron chi connectivity index (χ1n) is 9.65. The van der Waals surface area contributed by atoms with Crippen LogP contribution in [0.3, 0.4) is 0 Å². The molecule has 1 amide bonds. The van der Waals surface area contributed by atoms with Crippen molar-refractivity contribution in [1.29, 1.82) is 0 Å². The quantitative estimate of drug-likeness (QED) is 0.809. The SMILES string of the molecule is CC(=O)N1CCCC(N)C1COC1CCC(c2cc(F)cc(F)c2F)CC1. The van der Waals surface area contributed by atoms with Crippen molar-refractivity contribution in [2.75, 3.05) is 13.2 Å². The van der Waals surface area contributed by atoms with E-state index in [0.29, 0.717) is 44.9 Å². The van der Waals surface area contributed by atoms with E-state index in [-0.39, 0.29) is 35.6 Å². The average Bonchev–Trinajstić information content (AvgIpc) is 2.64. The van der Waals surface area contributed by atoms with E-state index in [9.17, 15) is 18.0 Å². The van der Waals surface area contributed by atoms with Gasteiger partial charge < -0.3 is 15.4 Å². The van der Waals surface area contributed by atoms with Crippen LogP contribution in [0.1, 0.15) is 56.9 Å². The lowest BCUT2D eigenvalue weighted by atomic mass is 9.82. The summed E-state index contributed by atoms with van der Waals surface area (Å²) >= 11 is 0. The molecular formula is C20H27F3N2O2. The molecule has 2 aliphatic rings. The van der Waals surface area contributed by atoms with Crippen LogP contribution in [-0.4, -0.2) is 42.1 Å². The lowest BCUT2D eigenvalue weighted by Crippen LogP contribution is -2.56. The number of benzene rings is 1. The summed E-state index contributed by atoms with van der Waals surface area (Å²) in [6.45, 7) is 2.64. The van der Waals surface area contributed by atoms with Crippen LogP contribution in [0.25, 0.3) is 0 Å². The molecule has 4 nitrogen and oxygen atoms in total. The lowest BCUT2D eigenvalue weighted by Gasteiger charge is -2.40. The van der Waals surface area contributed by atoms with E-state index in [1.807, 2.05) is 0 Å². The fourth-order valence-electron chi connectivity index (χ4n) is 4.34. The molecule has 150 valence electrons. The molecule has 1 saturated carbocycles. The second-order valence-corrected chi connectivity index (χ2v) is 7.68. The number of hydrogen-bond acceptors (Lipinski definition) is 3. The van der Waals surface area contributed by atoms with E-state index in [4.69, 9.17) is 10.5 Å². The van der Waals surface area contributed by atoms with Crippen LogP contribution in [0.4, 0.5) is 13.2 Å². The summed E-state index contributed by atoms with van der Waals surface area (Å²) in [6.07, 6.45) is 4.35. The first-order chi connectivity index (χ1) is 12.9. The summed E-state index contributed by atoms with van der Waals surface area (Å²) < 4.78 is 46.9. The Hall–Kier alpha value is -1.60. The van der Waals surface area contributed by atoms with Crippen molar-refractivity contribution in [3.63, 3.8) is 0 Å². The highest BCUT2D eigenvalue weighted by Crippen LogP contribution is 2.36. The Morgan fingerprint density at radius 1 is 1.19 bits per heavy atom. The molecule has 7 heteroatoms. The maximum atomic E-state index is 14.0. The normalized spacial score (nSPS) is 29.0. The Morgan fingerprint density at radius 2 is 1.89 bits per heavy atom. The van der Waals surface area contributed by atoms with Crippen LogP contribution in [-0.2, 0) is 9.53 Å². The summed E-state index contributed by atoms with van der Waals surface area (Å²) in [5, 5.41) is 0. The van der Waals surface area contributed by atoms with E-state index in [1.54, 1.807) is 11.8 Å². The number of piperidine rings is 1. The second kappa shape index (κ2) is 8.61. The van der Waals surface area contributed by atoms with Crippen molar-refractivity contribution >= 4 is 5.91 Å². The number of ether oxygens (including phenoxy) is 1. The van der Waals surface area contributed by atoms with Gasteiger partial charge in [-0.3, -0.25) is 4.79 Å². The summed E-state index contributed by atoms with van der Waals surface area (Å²) in [5.74, 6) is -3.05. The van der Waals surface area contributed by atoms with Gasteiger partial charge in [-0.1, -0.05) is 0 Å². The van der Waals surface area contributed by atoms with Gasteiger partial charge in [-0.15, -0.1) is 0 Å². The molecule has 1 aromatic rings. The molecule has 2 unspecified atom stereocenters. The summed E-state index contributed by atoms with van der Waals surface area (Å²) in [4.78, 5) is 13.6. The second-order valence-electron chi connectivity index (χ2n) is 7.68. The van der Waals surface area contributed by atoms with Gasteiger partial charge in [0, 0.05) is 25.6 Å². The van der Waals surface area contributed by atoms with Crippen LogP contribution in [0.5, 0.6) is 0 Å². The number of hydrogen-bond donors (Lipinski definition) is 1. The molecule has 2 N–H and O–H groups in total. The van der Waals surface area contributed by atoms with E-state index < -0.39 is 17.5 Å². The van der Waals surface area contributed by atoms with Gasteiger partial charge in [0.15, 0.2) is 11.6 Å². The molecule has 2 fully saturated rings. The molecule has 0 aromatic heterocycles. The number of carbonyl (C=O) groups excluding carboxylic acids is 1. The molecule has 1 aliphatic carbocycles. The Labute approximate surface area is 157 Å². The number of halogens is 3. The zero-order chi connectivity index (χ0) is 19.6. The van der Waals surface area contributed by atoms with Gasteiger partial charge in [-0.05, 0) is 56.1 Å². The number of nitrogens with zero attached hydrogens (tertiary/aromatic N) is 1. The summed E-state index contributed by atoms with van der Waals surface area (Å²) in [7, 11) is 0. The van der Waals surface area contributed by atoms with Gasteiger partial charge in [0.05, 0.1) is 18.8 Å². The van der Waals surface area contributed by atoms with Gasteiger partial charge >= 0.3 is 0 Å². The largest absolute Gasteiger partial charge is 0.376 e. The molecule has 0 bridgehead atoms. The monoisotopic (exact) mass is 384 g/mol. The maximum Gasteiger partial charge on any atom is 0.219 e. The van der Waals surface area contributed by atoms with E-state index in [2.05, 4.69) is 0 Å². The van der Waals surface area contributed by atoms with Gasteiger partial charge in [0.25, 0.3) is 0 Å². The van der Waals surface area contributed by atoms with Gasteiger partial charge in [0.2, 0.25) is 5.91 Å². The molecule has 3 rings (SSSR count). The average molecular weight is 384 g/mol. The lowest BCUT2D eigenvalue weighted by molar-refractivity contribution is -0.135. The third-order valence-corrected chi connectivity index (χ3v) is 5.87. The highest BCUT2D eigenvalue weighted by atomic mass is 19.2. The van der Waals surface area contributed by atoms with E-state index in [0.717, 1.165) is 18.9 Å². The predicted molar refractivity (Wildman–Crippen MR) is 95.6 cm³/mol. The van der Waals surface area contributed by atoms with Gasteiger partial charge in [0.1, 0.15) is 5.82 Å². The fraction of sp³-hybridized carbons (Fsp3) is 0.650. The van der Waals surface area contributed by atoms with Crippen molar-refractivity contribution in [2.24, 2.45) is 5.73 Å². The van der Waals surface area contributed by atoms with E-state index in [1.165, 1.54) is 0 Å². The van der Waals surface area contributed by atoms with Crippen LogP contribution in [0, 0.1) is 17.5 Å². The number of likely N-dealkylation sites (tertiary alicyclic amines) is 1. The molecule has 27 heavy (non-hydrogen) atoms. The molecule has 2 atom stereocenters. The van der Waals surface area contributed by atoms with Crippen molar-refractivity contribution in [3.05, 3.63) is 35.1 Å². The summed E-state index contributed by atoms with van der Waals surface area (Å²) in [5.41, 5.74) is 6.29. The highest BCUT2D eigenvalue weighted by Gasteiger charge is 2.32. The minimum atomic E-state index is -1.14. The topological polar surface area (TPSA) is 55.6 Å². The maximum absolute atomic E-state index is 14.0. The first kappa shape index (κ1) is 20.1. The van der Waals surface area contributed by atoms with Crippen molar-refractivity contribution in [3.8, 4) is 0 Å². The van der Waals surface area contributed by atoms with Crippen LogP contribution in [0.2, 0.25) is 0 Å². The third kappa shape index (κ3) is 4.63. The molecular weight excluding hydrogens is 357 g/mol. The molecule has 1 aromatic carbocycles. The molecule has 0 radical (unpaired) electrons. The van der Waals surface area contributed by atoms with Crippen molar-refractivity contribution in [2.45, 2.75) is 69.6 Å². The molecule has 1 heterocycles. The highest BCUT2D eigenvalue weighted by molar-refractivity contribution is 5.73. The van der Waals surface area contributed by atoms with Crippen molar-refractivity contribution in [1.82, 2.24) is 4.90 Å². The van der Waals surface area contributed by atoms with Crippen molar-refractivity contribution < 1.29 is 22.7 Å². The van der Waals surface area contributed by atoms with Crippen LogP contribution < -0.4 is 5.73 Å². The Kier molecular flexibility index (Phi) is 6.42. The Bertz CT molecular complexity index is 677. The zero-order valence-electron chi connectivity index (χ0n) is 15.6. The van der Waals surface area contributed by atoms with Crippen LogP contribution >= 0.6 is 0 Å². The third-order valence-electron chi connectivity index (χ3n) is 5.87. The smallest absolute Gasteiger partial charge is 0.219 e. The minimum Gasteiger partial charge on any atom is -0.376 e. The Balaban J connectivity index is 1.55. The Morgan fingerprint density at radius 3 is 2.56 bits per heavy atom. The van der Waals surface area contributed by atoms with E-state index >= 15 is 0 Å². The van der Waals surface area contributed by atoms with Crippen LogP contribution in [0.15, 0.2) is 12.1 Å². The number of rotatable bonds is 4. The number of carbonyl (C=O) groups is 1. The fourth-order valence-corrected chi connectivity index (χ4v) is 4.34. The minimum absolute atomic E-state index is 0.00562. The first-order valence-corrected chi connectivity index (χ1v) is 9.65. The van der Waals surface area contributed by atoms with Gasteiger partial charge in [-0.25, -0.2) is 13.2 Å². The predicted octanol–water partition coefficient (Wildman–Crippen LogP) is 3.48. The standard InChI is InChI=1S/C20H27F3N2O2/c1-12(26)25-8-2-3-18(24)19(25)11-27-15-6-4-13(5-7-15)16-9-14(21)10-17(22)20(16)23/h9-10,13,15,18-19H,2-8,11,24H2,1H3. The summed E-state index contributed by atoms with van der Waals surface area (Å²) in [6, 6.07) is 1.45. The molecule has 1 saturated heterocycles. The van der Waals surface area contributed by atoms with Gasteiger partial charge in [-0.2, -0.15) is 0 Å². The number of amides is 1. The number of nitrogens with two attached hydrogens (primary N) is 1.